The van der Waals surface area contributed by atoms with Gasteiger partial charge in [-0.05, 0) is 24.3 Å². The fraction of sp³-hybridized carbons (Fsp3) is 0.643. The van der Waals surface area contributed by atoms with Crippen LogP contribution in [0, 0.1) is 11.8 Å². The third kappa shape index (κ3) is 3.12. The van der Waals surface area contributed by atoms with E-state index in [9.17, 15) is 8.42 Å². The van der Waals surface area contributed by atoms with Crippen molar-refractivity contribution >= 4 is 15.8 Å². The molecular formula is C14H23N3O2S. The molecule has 0 spiro atoms. The average Bonchev–Trinajstić information content (AvgIpc) is 2.77. The SMILES string of the molecule is CCCNc1cc(S(=O)(=O)N2CC(C)C(C)C2)ccn1. The largest absolute Gasteiger partial charge is 0.370 e. The Morgan fingerprint density at radius 2 is 2.00 bits per heavy atom. The molecule has 5 nitrogen and oxygen atoms in total. The molecule has 0 amide bonds. The van der Waals surface area contributed by atoms with Gasteiger partial charge in [-0.2, -0.15) is 4.31 Å². The van der Waals surface area contributed by atoms with Crippen LogP contribution in [0.15, 0.2) is 23.2 Å². The molecule has 0 bridgehead atoms. The van der Waals surface area contributed by atoms with Gasteiger partial charge in [0.2, 0.25) is 10.0 Å². The third-order valence-corrected chi connectivity index (χ3v) is 5.71. The fourth-order valence-electron chi connectivity index (χ4n) is 2.34. The molecule has 1 saturated heterocycles. The number of hydrogen-bond acceptors (Lipinski definition) is 4. The molecule has 2 heterocycles. The number of anilines is 1. The van der Waals surface area contributed by atoms with Gasteiger partial charge in [0, 0.05) is 31.9 Å². The number of nitrogens with zero attached hydrogens (tertiary/aromatic N) is 2. The number of nitrogens with one attached hydrogen (secondary N) is 1. The zero-order valence-electron chi connectivity index (χ0n) is 12.3. The second-order valence-corrected chi connectivity index (χ2v) is 7.52. The molecular weight excluding hydrogens is 274 g/mol. The molecule has 2 atom stereocenters. The first kappa shape index (κ1) is 15.3. The minimum absolute atomic E-state index is 0.326. The van der Waals surface area contributed by atoms with E-state index in [0.717, 1.165) is 13.0 Å². The molecule has 0 aromatic carbocycles. The van der Waals surface area contributed by atoms with Crippen molar-refractivity contribution < 1.29 is 8.42 Å². The number of aromatic nitrogens is 1. The first-order valence-corrected chi connectivity index (χ1v) is 8.59. The standard InChI is InChI=1S/C14H23N3O2S/c1-4-6-15-14-8-13(5-7-16-14)20(18,19)17-9-11(2)12(3)10-17/h5,7-8,11-12H,4,6,9-10H2,1-3H3,(H,15,16). The molecule has 1 aromatic rings. The van der Waals surface area contributed by atoms with Gasteiger partial charge in [0.1, 0.15) is 5.82 Å². The normalized spacial score (nSPS) is 23.9. The minimum atomic E-state index is -3.40. The van der Waals surface area contributed by atoms with Crippen molar-refractivity contribution in [3.8, 4) is 0 Å². The van der Waals surface area contributed by atoms with Crippen molar-refractivity contribution in [2.75, 3.05) is 25.0 Å². The summed E-state index contributed by atoms with van der Waals surface area (Å²) in [6, 6.07) is 3.19. The lowest BCUT2D eigenvalue weighted by Gasteiger charge is -2.16. The van der Waals surface area contributed by atoms with Gasteiger partial charge < -0.3 is 5.32 Å². The zero-order valence-corrected chi connectivity index (χ0v) is 13.2. The maximum atomic E-state index is 12.6. The molecule has 2 rings (SSSR count). The highest BCUT2D eigenvalue weighted by molar-refractivity contribution is 7.89. The Balaban J connectivity index is 2.21. The summed E-state index contributed by atoms with van der Waals surface area (Å²) in [7, 11) is -3.40. The lowest BCUT2D eigenvalue weighted by Crippen LogP contribution is -2.29. The van der Waals surface area contributed by atoms with E-state index in [2.05, 4.69) is 31.1 Å². The van der Waals surface area contributed by atoms with Crippen LogP contribution < -0.4 is 5.32 Å². The topological polar surface area (TPSA) is 62.3 Å². The van der Waals surface area contributed by atoms with E-state index >= 15 is 0 Å². The van der Waals surface area contributed by atoms with Crippen molar-refractivity contribution in [1.82, 2.24) is 9.29 Å². The van der Waals surface area contributed by atoms with Crippen LogP contribution in [0.4, 0.5) is 5.82 Å². The summed E-state index contributed by atoms with van der Waals surface area (Å²) >= 11 is 0. The molecule has 0 aliphatic carbocycles. The molecule has 1 aliphatic rings. The van der Waals surface area contributed by atoms with Gasteiger partial charge in [0.15, 0.2) is 0 Å². The van der Waals surface area contributed by atoms with Gasteiger partial charge in [-0.25, -0.2) is 13.4 Å². The van der Waals surface area contributed by atoms with Crippen LogP contribution >= 0.6 is 0 Å². The van der Waals surface area contributed by atoms with Gasteiger partial charge >= 0.3 is 0 Å². The summed E-state index contributed by atoms with van der Waals surface area (Å²) < 4.78 is 26.8. The predicted molar refractivity (Wildman–Crippen MR) is 80.1 cm³/mol. The van der Waals surface area contributed by atoms with Crippen molar-refractivity contribution in [1.29, 1.82) is 0 Å². The average molecular weight is 297 g/mol. The Morgan fingerprint density at radius 3 is 2.60 bits per heavy atom. The van der Waals surface area contributed by atoms with Crippen LogP contribution in [0.3, 0.4) is 0 Å². The highest BCUT2D eigenvalue weighted by Gasteiger charge is 2.35. The third-order valence-electron chi connectivity index (χ3n) is 3.88. The molecule has 1 N–H and O–H groups in total. The number of rotatable bonds is 5. The summed E-state index contributed by atoms with van der Waals surface area (Å²) in [6.07, 6.45) is 2.52. The summed E-state index contributed by atoms with van der Waals surface area (Å²) in [5.41, 5.74) is 0. The highest BCUT2D eigenvalue weighted by Crippen LogP contribution is 2.28. The van der Waals surface area contributed by atoms with E-state index in [-0.39, 0.29) is 0 Å². The van der Waals surface area contributed by atoms with Gasteiger partial charge in [-0.15, -0.1) is 0 Å². The lowest BCUT2D eigenvalue weighted by atomic mass is 10.0. The van der Waals surface area contributed by atoms with E-state index in [1.165, 1.54) is 0 Å². The van der Waals surface area contributed by atoms with Crippen LogP contribution in [0.5, 0.6) is 0 Å². The maximum absolute atomic E-state index is 12.6. The molecule has 2 unspecified atom stereocenters. The molecule has 1 fully saturated rings. The fourth-order valence-corrected chi connectivity index (χ4v) is 4.00. The van der Waals surface area contributed by atoms with Gasteiger partial charge in [0.05, 0.1) is 4.90 Å². The molecule has 0 saturated carbocycles. The summed E-state index contributed by atoms with van der Waals surface area (Å²) in [5.74, 6) is 1.43. The number of hydrogen-bond donors (Lipinski definition) is 1. The maximum Gasteiger partial charge on any atom is 0.243 e. The van der Waals surface area contributed by atoms with Gasteiger partial charge in [0.25, 0.3) is 0 Å². The number of sulfonamides is 1. The summed E-state index contributed by atoms with van der Waals surface area (Å²) in [4.78, 5) is 4.48. The Hall–Kier alpha value is -1.14. The van der Waals surface area contributed by atoms with Crippen LogP contribution in [-0.2, 0) is 10.0 Å². The van der Waals surface area contributed by atoms with E-state index in [1.54, 1.807) is 22.6 Å². The second-order valence-electron chi connectivity index (χ2n) is 5.58. The molecule has 20 heavy (non-hydrogen) atoms. The van der Waals surface area contributed by atoms with E-state index in [4.69, 9.17) is 0 Å². The van der Waals surface area contributed by atoms with Crippen LogP contribution in [0.2, 0.25) is 0 Å². The molecule has 1 aromatic heterocycles. The molecule has 1 aliphatic heterocycles. The Labute approximate surface area is 121 Å². The van der Waals surface area contributed by atoms with E-state index in [1.807, 2.05) is 0 Å². The summed E-state index contributed by atoms with van der Waals surface area (Å²) in [6.45, 7) is 8.24. The quantitative estimate of drug-likeness (QED) is 0.905. The van der Waals surface area contributed by atoms with Crippen LogP contribution in [0.1, 0.15) is 27.2 Å². The molecule has 112 valence electrons. The first-order valence-electron chi connectivity index (χ1n) is 7.15. The van der Waals surface area contributed by atoms with E-state index in [0.29, 0.717) is 35.6 Å². The molecule has 0 radical (unpaired) electrons. The monoisotopic (exact) mass is 297 g/mol. The second kappa shape index (κ2) is 6.10. The van der Waals surface area contributed by atoms with Crippen LogP contribution in [0.25, 0.3) is 0 Å². The first-order chi connectivity index (χ1) is 9.45. The van der Waals surface area contributed by atoms with Crippen molar-refractivity contribution in [3.05, 3.63) is 18.3 Å². The van der Waals surface area contributed by atoms with Gasteiger partial charge in [-0.1, -0.05) is 20.8 Å². The Kier molecular flexibility index (Phi) is 4.65. The lowest BCUT2D eigenvalue weighted by molar-refractivity contribution is 0.463. The Morgan fingerprint density at radius 1 is 1.35 bits per heavy atom. The van der Waals surface area contributed by atoms with E-state index < -0.39 is 10.0 Å². The zero-order chi connectivity index (χ0) is 14.8. The van der Waals surface area contributed by atoms with Crippen molar-refractivity contribution in [3.63, 3.8) is 0 Å². The van der Waals surface area contributed by atoms with Crippen molar-refractivity contribution in [2.45, 2.75) is 32.1 Å². The summed E-state index contributed by atoms with van der Waals surface area (Å²) in [5, 5.41) is 3.12. The smallest absolute Gasteiger partial charge is 0.243 e. The number of pyridine rings is 1. The van der Waals surface area contributed by atoms with Gasteiger partial charge in [-0.3, -0.25) is 0 Å². The van der Waals surface area contributed by atoms with Crippen LogP contribution in [-0.4, -0.2) is 37.3 Å². The predicted octanol–water partition coefficient (Wildman–Crippen LogP) is 2.18. The van der Waals surface area contributed by atoms with Crippen molar-refractivity contribution in [2.24, 2.45) is 11.8 Å². The Bertz CT molecular complexity index is 549. The molecule has 6 heteroatoms. The minimum Gasteiger partial charge on any atom is -0.370 e. The highest BCUT2D eigenvalue weighted by atomic mass is 32.2.